The number of ether oxygens (including phenoxy) is 2. The lowest BCUT2D eigenvalue weighted by Crippen LogP contribution is -2.53. The number of nitrogens with two attached hydrogens (primary N) is 1. The average Bonchev–Trinajstić information content (AvgIpc) is 2.90. The number of rotatable bonds is 7. The van der Waals surface area contributed by atoms with Crippen LogP contribution in [0.15, 0.2) is 40.1 Å². The lowest BCUT2D eigenvalue weighted by Gasteiger charge is -2.37. The van der Waals surface area contributed by atoms with Crippen LogP contribution in [-0.4, -0.2) is 35.4 Å². The minimum absolute atomic E-state index is 0.0624. The van der Waals surface area contributed by atoms with Crippen molar-refractivity contribution < 1.29 is 14.3 Å². The second kappa shape index (κ2) is 11.1. The third-order valence-electron chi connectivity index (χ3n) is 8.34. The van der Waals surface area contributed by atoms with E-state index in [2.05, 4.69) is 52.1 Å². The number of hydrogen-bond acceptors (Lipinski definition) is 5. The number of amides is 2. The second-order valence-electron chi connectivity index (χ2n) is 11.9. The van der Waals surface area contributed by atoms with Crippen LogP contribution < -0.4 is 31.7 Å². The fourth-order valence-electron chi connectivity index (χ4n) is 6.15. The Morgan fingerprint density at radius 3 is 2.17 bits per heavy atom. The summed E-state index contributed by atoms with van der Waals surface area (Å²) in [7, 11) is 3.25. The third-order valence-corrected chi connectivity index (χ3v) is 8.34. The molecule has 9 nitrogen and oxygen atoms in total. The Morgan fingerprint density at radius 1 is 1.00 bits per heavy atom. The van der Waals surface area contributed by atoms with Gasteiger partial charge in [-0.25, -0.2) is 14.6 Å². The zero-order valence-electron chi connectivity index (χ0n) is 25.1. The molecule has 2 heterocycles. The number of carbonyl (C=O) groups excluding carboxylic acids is 1. The molecule has 3 aromatic rings. The van der Waals surface area contributed by atoms with Gasteiger partial charge in [-0.05, 0) is 66.8 Å². The molecule has 0 spiro atoms. The monoisotopic (exact) mass is 559 g/mol. The molecule has 1 saturated carbocycles. The number of primary amides is 1. The van der Waals surface area contributed by atoms with Gasteiger partial charge in [0.15, 0.2) is 11.5 Å². The van der Waals surface area contributed by atoms with E-state index in [0.29, 0.717) is 42.8 Å². The van der Waals surface area contributed by atoms with Crippen LogP contribution in [0, 0.1) is 6.92 Å². The van der Waals surface area contributed by atoms with Crippen LogP contribution in [-0.2, 0) is 13.0 Å². The molecule has 9 heteroatoms. The Hall–Kier alpha value is -4.01. The Labute approximate surface area is 241 Å². The van der Waals surface area contributed by atoms with Gasteiger partial charge < -0.3 is 20.5 Å². The highest BCUT2D eigenvalue weighted by Crippen LogP contribution is 2.39. The van der Waals surface area contributed by atoms with Crippen LogP contribution in [0.5, 0.6) is 11.5 Å². The van der Waals surface area contributed by atoms with E-state index in [1.54, 1.807) is 14.2 Å². The van der Waals surface area contributed by atoms with E-state index >= 15 is 0 Å². The minimum Gasteiger partial charge on any atom is -0.493 e. The number of urea groups is 1. The molecule has 0 radical (unpaired) electrons. The number of aromatic nitrogens is 2. The van der Waals surface area contributed by atoms with Crippen LogP contribution in [0.4, 0.5) is 10.5 Å². The third kappa shape index (κ3) is 5.25. The Morgan fingerprint density at radius 2 is 1.61 bits per heavy atom. The molecule has 0 bridgehead atoms. The molecule has 1 fully saturated rings. The molecule has 0 unspecified atom stereocenters. The van der Waals surface area contributed by atoms with E-state index in [1.165, 1.54) is 5.56 Å². The van der Waals surface area contributed by atoms with Gasteiger partial charge >= 0.3 is 11.7 Å². The number of methoxy groups -OCH3 is 2. The minimum atomic E-state index is -0.547. The number of fused-ring (bicyclic) bond motifs is 3. The first-order valence-electron chi connectivity index (χ1n) is 14.4. The molecule has 218 valence electrons. The van der Waals surface area contributed by atoms with E-state index in [9.17, 15) is 9.59 Å². The average molecular weight is 560 g/mol. The van der Waals surface area contributed by atoms with Crippen molar-refractivity contribution in [2.75, 3.05) is 14.2 Å². The van der Waals surface area contributed by atoms with Crippen LogP contribution in [0.3, 0.4) is 0 Å². The van der Waals surface area contributed by atoms with Gasteiger partial charge in [0, 0.05) is 30.3 Å². The largest absolute Gasteiger partial charge is 0.493 e. The number of nitrogens with zero attached hydrogens (tertiary/aromatic N) is 3. The molecule has 0 saturated heterocycles. The molecule has 0 atom stereocenters. The standard InChI is InChI=1S/C32H41N5O4/c1-17(2)23-10-19(5)11-24(18(3)4)30(23)35-29-16-26-25-15-28(41-7)27(40-6)12-20(25)8-9-36(26)32(39)37(29)22-13-21(14-22)34-31(33)38/h10-12,15-18,21-22H,8-9,13-14H2,1-7H3,(H3,33,34,38). The van der Waals surface area contributed by atoms with Crippen molar-refractivity contribution in [2.24, 2.45) is 10.7 Å². The van der Waals surface area contributed by atoms with Crippen molar-refractivity contribution in [1.82, 2.24) is 14.5 Å². The van der Waals surface area contributed by atoms with Gasteiger partial charge in [-0.15, -0.1) is 0 Å². The zero-order valence-corrected chi connectivity index (χ0v) is 25.1. The van der Waals surface area contributed by atoms with Crippen LogP contribution >= 0.6 is 0 Å². The van der Waals surface area contributed by atoms with Crippen molar-refractivity contribution in [3.8, 4) is 22.8 Å². The van der Waals surface area contributed by atoms with Crippen LogP contribution in [0.2, 0.25) is 0 Å². The van der Waals surface area contributed by atoms with Gasteiger partial charge in [-0.3, -0.25) is 9.13 Å². The van der Waals surface area contributed by atoms with E-state index in [1.807, 2.05) is 27.3 Å². The number of carbonyl (C=O) groups is 1. The first-order valence-corrected chi connectivity index (χ1v) is 14.4. The smallest absolute Gasteiger partial charge is 0.330 e. The number of nitrogens with one attached hydrogen (secondary N) is 1. The van der Waals surface area contributed by atoms with E-state index < -0.39 is 6.03 Å². The summed E-state index contributed by atoms with van der Waals surface area (Å²) in [4.78, 5) is 31.0. The van der Waals surface area contributed by atoms with E-state index in [-0.39, 0.29) is 29.6 Å². The Kier molecular flexibility index (Phi) is 7.72. The van der Waals surface area contributed by atoms with Crippen molar-refractivity contribution in [2.45, 2.75) is 84.3 Å². The molecule has 2 aromatic carbocycles. The molecule has 1 aromatic heterocycles. The van der Waals surface area contributed by atoms with Crippen molar-refractivity contribution in [3.63, 3.8) is 0 Å². The number of benzene rings is 2. The number of aryl methyl sites for hydroxylation is 2. The summed E-state index contributed by atoms with van der Waals surface area (Å²) >= 11 is 0. The highest BCUT2D eigenvalue weighted by molar-refractivity contribution is 5.72. The maximum Gasteiger partial charge on any atom is 0.330 e. The summed E-state index contributed by atoms with van der Waals surface area (Å²) in [5.41, 5.74) is 13.2. The SMILES string of the molecule is COc1cc2c(cc1OC)-c1cc(=Nc3c(C(C)C)cc(C)cc3C(C)C)n(C3CC(NC(N)=O)C3)c(=O)n1CC2. The van der Waals surface area contributed by atoms with Crippen molar-refractivity contribution in [1.29, 1.82) is 0 Å². The molecule has 1 aliphatic heterocycles. The summed E-state index contributed by atoms with van der Waals surface area (Å²) < 4.78 is 14.8. The second-order valence-corrected chi connectivity index (χ2v) is 11.9. The summed E-state index contributed by atoms with van der Waals surface area (Å²) in [6, 6.07) is 9.68. The van der Waals surface area contributed by atoms with Gasteiger partial charge in [0.1, 0.15) is 5.49 Å². The Balaban J connectivity index is 1.79. The van der Waals surface area contributed by atoms with Crippen LogP contribution in [0.1, 0.15) is 80.7 Å². The number of hydrogen-bond donors (Lipinski definition) is 2. The maximum atomic E-state index is 14.3. The zero-order chi connectivity index (χ0) is 29.6. The lowest BCUT2D eigenvalue weighted by molar-refractivity contribution is 0.202. The van der Waals surface area contributed by atoms with Gasteiger partial charge in [-0.1, -0.05) is 45.4 Å². The topological polar surface area (TPSA) is 113 Å². The quantitative estimate of drug-likeness (QED) is 0.422. The summed E-state index contributed by atoms with van der Waals surface area (Å²) in [6.07, 6.45) is 1.94. The summed E-state index contributed by atoms with van der Waals surface area (Å²) in [5.74, 6) is 1.79. The van der Waals surface area contributed by atoms with Crippen LogP contribution in [0.25, 0.3) is 11.3 Å². The predicted molar refractivity (Wildman–Crippen MR) is 160 cm³/mol. The highest BCUT2D eigenvalue weighted by Gasteiger charge is 2.34. The normalized spacial score (nSPS) is 18.1. The van der Waals surface area contributed by atoms with Gasteiger partial charge in [0.05, 0.1) is 25.6 Å². The highest BCUT2D eigenvalue weighted by atomic mass is 16.5. The lowest BCUT2D eigenvalue weighted by atomic mass is 9.86. The Bertz CT molecular complexity index is 1600. The summed E-state index contributed by atoms with van der Waals surface area (Å²) in [5, 5.41) is 2.78. The first-order chi connectivity index (χ1) is 19.5. The first kappa shape index (κ1) is 28.5. The van der Waals surface area contributed by atoms with Gasteiger partial charge in [0.2, 0.25) is 0 Å². The molecular formula is C32H41N5O4. The molecule has 3 N–H and O–H groups in total. The molecule has 41 heavy (non-hydrogen) atoms. The van der Waals surface area contributed by atoms with E-state index in [0.717, 1.165) is 33.6 Å². The fraction of sp³-hybridized carbons (Fsp3) is 0.469. The van der Waals surface area contributed by atoms with Crippen molar-refractivity contribution >= 4 is 11.7 Å². The maximum absolute atomic E-state index is 14.3. The molecular weight excluding hydrogens is 518 g/mol. The molecule has 2 aliphatic rings. The fourth-order valence-corrected chi connectivity index (χ4v) is 6.15. The van der Waals surface area contributed by atoms with Crippen molar-refractivity contribution in [3.05, 3.63) is 68.6 Å². The van der Waals surface area contributed by atoms with E-state index in [4.69, 9.17) is 20.2 Å². The summed E-state index contributed by atoms with van der Waals surface area (Å²) in [6.45, 7) is 11.4. The van der Waals surface area contributed by atoms with Gasteiger partial charge in [-0.2, -0.15) is 0 Å². The predicted octanol–water partition coefficient (Wildman–Crippen LogP) is 5.05. The van der Waals surface area contributed by atoms with Gasteiger partial charge in [0.25, 0.3) is 0 Å². The molecule has 5 rings (SSSR count). The molecule has 2 amide bonds. The molecule has 1 aliphatic carbocycles.